The maximum Gasteiger partial charge on any atom is 0.496 e. The molecule has 4 rings (SSSR count). The molecule has 0 amide bonds. The highest BCUT2D eigenvalue weighted by Crippen LogP contribution is 2.41. The van der Waals surface area contributed by atoms with Crippen LogP contribution in [-0.2, 0) is 19.3 Å². The molecule has 0 spiro atoms. The van der Waals surface area contributed by atoms with E-state index in [4.69, 9.17) is 20.9 Å². The van der Waals surface area contributed by atoms with Gasteiger partial charge in [0, 0.05) is 35.8 Å². The van der Waals surface area contributed by atoms with E-state index in [0.29, 0.717) is 28.6 Å². The van der Waals surface area contributed by atoms with Crippen molar-refractivity contribution in [2.75, 3.05) is 18.5 Å². The zero-order chi connectivity index (χ0) is 25.1. The molecule has 34 heavy (non-hydrogen) atoms. The van der Waals surface area contributed by atoms with E-state index in [9.17, 15) is 8.42 Å². The lowest BCUT2D eigenvalue weighted by Gasteiger charge is -2.32. The molecule has 2 aliphatic rings. The number of halogens is 1. The van der Waals surface area contributed by atoms with Crippen LogP contribution in [0.4, 0.5) is 11.4 Å². The molecule has 0 aliphatic carbocycles. The molecule has 9 heteroatoms. The van der Waals surface area contributed by atoms with Crippen molar-refractivity contribution >= 4 is 45.6 Å². The molecule has 1 unspecified atom stereocenters. The van der Waals surface area contributed by atoms with Gasteiger partial charge in [-0.15, -0.1) is 0 Å². The molecular weight excluding hydrogens is 471 g/mol. The van der Waals surface area contributed by atoms with Gasteiger partial charge < -0.3 is 14.2 Å². The zero-order valence-corrected chi connectivity index (χ0v) is 22.6. The average molecular weight is 505 g/mol. The SMILES string of the molecule is CC(C)CC1CN(c2ccccc2)c2cc(Cl)c(B3OC(C)(C)C(C)(C)O3)cc2S(=O)(=O)N1C. The van der Waals surface area contributed by atoms with E-state index in [1.54, 1.807) is 19.2 Å². The van der Waals surface area contributed by atoms with Gasteiger partial charge in [0.25, 0.3) is 0 Å². The second kappa shape index (κ2) is 8.82. The summed E-state index contributed by atoms with van der Waals surface area (Å²) in [7, 11) is -2.89. The minimum Gasteiger partial charge on any atom is -0.399 e. The Kier molecular flexibility index (Phi) is 6.62. The van der Waals surface area contributed by atoms with Crippen molar-refractivity contribution in [3.63, 3.8) is 0 Å². The third-order valence-corrected chi connectivity index (χ3v) is 9.52. The second-order valence-electron chi connectivity index (χ2n) is 10.7. The molecule has 1 atom stereocenters. The average Bonchev–Trinajstić information content (AvgIpc) is 2.92. The molecule has 184 valence electrons. The van der Waals surface area contributed by atoms with Crippen LogP contribution in [-0.4, -0.2) is 50.7 Å². The summed E-state index contributed by atoms with van der Waals surface area (Å²) >= 11 is 6.79. The van der Waals surface area contributed by atoms with Crippen molar-refractivity contribution in [3.05, 3.63) is 47.5 Å². The predicted octanol–water partition coefficient (Wildman–Crippen LogP) is 4.83. The third kappa shape index (κ3) is 4.39. The lowest BCUT2D eigenvalue weighted by atomic mass is 9.79. The molecule has 0 bridgehead atoms. The van der Waals surface area contributed by atoms with Gasteiger partial charge in [0.05, 0.1) is 16.9 Å². The normalized spacial score (nSPS) is 23.7. The Hall–Kier alpha value is -1.58. The fourth-order valence-electron chi connectivity index (χ4n) is 4.52. The van der Waals surface area contributed by atoms with Gasteiger partial charge in [-0.25, -0.2) is 8.42 Å². The summed E-state index contributed by atoms with van der Waals surface area (Å²) in [6.07, 6.45) is 0.741. The number of sulfonamides is 1. The summed E-state index contributed by atoms with van der Waals surface area (Å²) in [5, 5.41) is 0.415. The number of nitrogens with zero attached hydrogens (tertiary/aromatic N) is 2. The van der Waals surface area contributed by atoms with Crippen LogP contribution in [0.1, 0.15) is 48.0 Å². The standard InChI is InChI=1S/C25H34BClN2O4S/c1-17(2)13-19-16-29(18-11-9-8-10-12-18)22-15-21(27)20(14-23(22)34(30,31)28(19)7)26-32-24(3,4)25(5,6)33-26/h8-12,14-15,17,19H,13,16H2,1-7H3. The van der Waals surface area contributed by atoms with Crippen LogP contribution in [0.5, 0.6) is 0 Å². The highest BCUT2D eigenvalue weighted by Gasteiger charge is 2.53. The Balaban J connectivity index is 1.89. The fraction of sp³-hybridized carbons (Fsp3) is 0.520. The Morgan fingerprint density at radius 1 is 1.09 bits per heavy atom. The van der Waals surface area contributed by atoms with Crippen LogP contribution < -0.4 is 10.4 Å². The lowest BCUT2D eigenvalue weighted by molar-refractivity contribution is 0.00578. The first-order valence-corrected chi connectivity index (χ1v) is 13.6. The summed E-state index contributed by atoms with van der Waals surface area (Å²) in [6, 6.07) is 13.0. The van der Waals surface area contributed by atoms with Gasteiger partial charge in [0.2, 0.25) is 10.0 Å². The summed E-state index contributed by atoms with van der Waals surface area (Å²) in [5.74, 6) is 0.338. The predicted molar refractivity (Wildman–Crippen MR) is 139 cm³/mol. The van der Waals surface area contributed by atoms with Crippen molar-refractivity contribution in [3.8, 4) is 0 Å². The minimum absolute atomic E-state index is 0.198. The Bertz CT molecular complexity index is 1150. The number of fused-ring (bicyclic) bond motifs is 1. The molecule has 0 aromatic heterocycles. The maximum atomic E-state index is 13.9. The molecule has 2 heterocycles. The molecule has 0 saturated carbocycles. The van der Waals surface area contributed by atoms with Gasteiger partial charge in [0.15, 0.2) is 0 Å². The van der Waals surface area contributed by atoms with Crippen LogP contribution >= 0.6 is 11.6 Å². The van der Waals surface area contributed by atoms with Crippen LogP contribution in [0, 0.1) is 5.92 Å². The third-order valence-electron chi connectivity index (χ3n) is 7.25. The van der Waals surface area contributed by atoms with Crippen LogP contribution in [0.3, 0.4) is 0 Å². The van der Waals surface area contributed by atoms with Crippen LogP contribution in [0.2, 0.25) is 5.02 Å². The summed E-state index contributed by atoms with van der Waals surface area (Å²) < 4.78 is 41.7. The van der Waals surface area contributed by atoms with Crippen molar-refractivity contribution in [2.45, 2.75) is 70.1 Å². The number of anilines is 2. The number of hydrogen-bond acceptors (Lipinski definition) is 5. The second-order valence-corrected chi connectivity index (χ2v) is 13.1. The highest BCUT2D eigenvalue weighted by molar-refractivity contribution is 7.89. The smallest absolute Gasteiger partial charge is 0.399 e. The molecule has 6 nitrogen and oxygen atoms in total. The van der Waals surface area contributed by atoms with Gasteiger partial charge >= 0.3 is 7.12 Å². The van der Waals surface area contributed by atoms with Crippen LogP contribution in [0.25, 0.3) is 0 Å². The summed E-state index contributed by atoms with van der Waals surface area (Å²) in [4.78, 5) is 2.27. The van der Waals surface area contributed by atoms with Crippen molar-refractivity contribution in [1.29, 1.82) is 0 Å². The number of likely N-dealkylation sites (N-methyl/N-ethyl adjacent to an activating group) is 1. The molecule has 2 aromatic carbocycles. The zero-order valence-electron chi connectivity index (χ0n) is 21.0. The Morgan fingerprint density at radius 2 is 1.68 bits per heavy atom. The topological polar surface area (TPSA) is 59.1 Å². The molecule has 2 aromatic rings. The first-order valence-electron chi connectivity index (χ1n) is 11.7. The molecule has 0 N–H and O–H groups in total. The molecule has 1 fully saturated rings. The summed E-state index contributed by atoms with van der Waals surface area (Å²) in [6.45, 7) is 12.6. The maximum absolute atomic E-state index is 13.9. The molecule has 0 radical (unpaired) electrons. The largest absolute Gasteiger partial charge is 0.496 e. The first-order chi connectivity index (χ1) is 15.7. The molecule has 1 saturated heterocycles. The van der Waals surface area contributed by atoms with Gasteiger partial charge in [-0.1, -0.05) is 43.6 Å². The molecule has 2 aliphatic heterocycles. The van der Waals surface area contributed by atoms with Gasteiger partial charge in [-0.3, -0.25) is 0 Å². The Labute approximate surface area is 209 Å². The first kappa shape index (κ1) is 25.5. The monoisotopic (exact) mass is 504 g/mol. The van der Waals surface area contributed by atoms with E-state index in [-0.39, 0.29) is 10.9 Å². The number of hydrogen-bond donors (Lipinski definition) is 0. The van der Waals surface area contributed by atoms with Crippen molar-refractivity contribution < 1.29 is 17.7 Å². The van der Waals surface area contributed by atoms with E-state index >= 15 is 0 Å². The van der Waals surface area contributed by atoms with E-state index in [0.717, 1.165) is 12.1 Å². The number of para-hydroxylation sites is 1. The van der Waals surface area contributed by atoms with Gasteiger partial charge in [0.1, 0.15) is 4.90 Å². The summed E-state index contributed by atoms with van der Waals surface area (Å²) in [5.41, 5.74) is 0.868. The van der Waals surface area contributed by atoms with Gasteiger partial charge in [-0.2, -0.15) is 4.31 Å². The highest BCUT2D eigenvalue weighted by atomic mass is 35.5. The van der Waals surface area contributed by atoms with E-state index < -0.39 is 28.3 Å². The Morgan fingerprint density at radius 3 is 2.24 bits per heavy atom. The van der Waals surface area contributed by atoms with E-state index in [1.165, 1.54) is 4.31 Å². The lowest BCUT2D eigenvalue weighted by Crippen LogP contribution is -2.41. The van der Waals surface area contributed by atoms with Gasteiger partial charge in [-0.05, 0) is 64.3 Å². The number of rotatable bonds is 4. The quantitative estimate of drug-likeness (QED) is 0.558. The molecular formula is C25H34BClN2O4S. The fourth-order valence-corrected chi connectivity index (χ4v) is 6.33. The van der Waals surface area contributed by atoms with Crippen molar-refractivity contribution in [2.24, 2.45) is 5.92 Å². The number of benzene rings is 2. The van der Waals surface area contributed by atoms with Crippen molar-refractivity contribution in [1.82, 2.24) is 4.31 Å². The minimum atomic E-state index is -3.80. The van der Waals surface area contributed by atoms with Crippen LogP contribution in [0.15, 0.2) is 47.4 Å². The van der Waals surface area contributed by atoms with E-state index in [2.05, 4.69) is 18.7 Å². The van der Waals surface area contributed by atoms with E-state index in [1.807, 2.05) is 58.0 Å².